The molecule has 0 aliphatic rings. The van der Waals surface area contributed by atoms with E-state index in [4.69, 9.17) is 0 Å². The van der Waals surface area contributed by atoms with Crippen molar-refractivity contribution in [3.63, 3.8) is 0 Å². The fourth-order valence-corrected chi connectivity index (χ4v) is 1.58. The Morgan fingerprint density at radius 2 is 1.95 bits per heavy atom. The van der Waals surface area contributed by atoms with Crippen LogP contribution in [0.2, 0.25) is 0 Å². The van der Waals surface area contributed by atoms with Crippen molar-refractivity contribution in [2.45, 2.75) is 0 Å². The molecule has 0 fully saturated rings. The number of likely N-dealkylation sites (N-methyl/N-ethyl adjacent to an activating group) is 2. The molecule has 8 nitrogen and oxygen atoms in total. The van der Waals surface area contributed by atoms with Crippen LogP contribution in [0.1, 0.15) is 0 Å². The van der Waals surface area contributed by atoms with E-state index in [0.717, 1.165) is 13.1 Å². The van der Waals surface area contributed by atoms with Gasteiger partial charge in [-0.05, 0) is 20.2 Å². The maximum atomic E-state index is 4.45. The Balaban J connectivity index is 2.26. The van der Waals surface area contributed by atoms with Crippen molar-refractivity contribution in [1.29, 1.82) is 0 Å². The van der Waals surface area contributed by atoms with Crippen molar-refractivity contribution in [3.8, 4) is 5.95 Å². The van der Waals surface area contributed by atoms with Gasteiger partial charge in [0.15, 0.2) is 0 Å². The second-order valence-electron chi connectivity index (χ2n) is 4.68. The Hall–Kier alpha value is -2.22. The van der Waals surface area contributed by atoms with Gasteiger partial charge >= 0.3 is 0 Å². The lowest BCUT2D eigenvalue weighted by atomic mass is 10.5. The fourth-order valence-electron chi connectivity index (χ4n) is 1.58. The molecule has 108 valence electrons. The van der Waals surface area contributed by atoms with Crippen LogP contribution >= 0.6 is 0 Å². The standard InChI is InChI=1S/C12H20N8/c1-13-10-15-11(19(4)9-8-18(2)3)17-12(16-10)20-7-5-6-14-20/h5-7H,8-9H2,1-4H3,(H,13,15,16,17). The minimum absolute atomic E-state index is 0.501. The van der Waals surface area contributed by atoms with E-state index in [9.17, 15) is 0 Å². The van der Waals surface area contributed by atoms with E-state index in [2.05, 4.69) is 30.3 Å². The van der Waals surface area contributed by atoms with E-state index >= 15 is 0 Å². The second kappa shape index (κ2) is 6.29. The Labute approximate surface area is 118 Å². The van der Waals surface area contributed by atoms with Crippen LogP contribution < -0.4 is 10.2 Å². The average molecular weight is 276 g/mol. The first-order chi connectivity index (χ1) is 9.60. The fraction of sp³-hybridized carbons (Fsp3) is 0.500. The summed E-state index contributed by atoms with van der Waals surface area (Å²) in [4.78, 5) is 17.2. The van der Waals surface area contributed by atoms with Crippen molar-refractivity contribution in [2.24, 2.45) is 0 Å². The molecule has 8 heteroatoms. The zero-order chi connectivity index (χ0) is 14.5. The van der Waals surface area contributed by atoms with E-state index in [1.165, 1.54) is 0 Å². The minimum atomic E-state index is 0.501. The molecule has 1 N–H and O–H groups in total. The van der Waals surface area contributed by atoms with Crippen LogP contribution in [-0.2, 0) is 0 Å². The predicted octanol–water partition coefficient (Wildman–Crippen LogP) is 0.0968. The summed E-state index contributed by atoms with van der Waals surface area (Å²) in [6, 6.07) is 1.83. The second-order valence-corrected chi connectivity index (χ2v) is 4.68. The van der Waals surface area contributed by atoms with Gasteiger partial charge < -0.3 is 15.1 Å². The number of hydrogen-bond acceptors (Lipinski definition) is 7. The Morgan fingerprint density at radius 1 is 1.15 bits per heavy atom. The number of aromatic nitrogens is 5. The Morgan fingerprint density at radius 3 is 2.55 bits per heavy atom. The molecule has 0 bridgehead atoms. The lowest BCUT2D eigenvalue weighted by Gasteiger charge is -2.20. The van der Waals surface area contributed by atoms with Crippen LogP contribution in [-0.4, -0.2) is 70.9 Å². The predicted molar refractivity (Wildman–Crippen MR) is 78.3 cm³/mol. The molecule has 0 saturated heterocycles. The van der Waals surface area contributed by atoms with Gasteiger partial charge in [0.05, 0.1) is 0 Å². The molecule has 2 aromatic heterocycles. The number of nitrogens with zero attached hydrogens (tertiary/aromatic N) is 7. The molecule has 0 radical (unpaired) electrons. The van der Waals surface area contributed by atoms with Crippen molar-refractivity contribution >= 4 is 11.9 Å². The van der Waals surface area contributed by atoms with Crippen LogP contribution in [0, 0.1) is 0 Å². The van der Waals surface area contributed by atoms with Crippen LogP contribution in [0.15, 0.2) is 18.5 Å². The number of rotatable bonds is 6. The average Bonchev–Trinajstić information content (AvgIpc) is 2.98. The van der Waals surface area contributed by atoms with Gasteiger partial charge in [-0.2, -0.15) is 20.1 Å². The molecule has 0 saturated carbocycles. The summed E-state index contributed by atoms with van der Waals surface area (Å²) in [5.74, 6) is 1.65. The maximum Gasteiger partial charge on any atom is 0.257 e. The van der Waals surface area contributed by atoms with Crippen LogP contribution in [0.25, 0.3) is 5.95 Å². The zero-order valence-corrected chi connectivity index (χ0v) is 12.3. The van der Waals surface area contributed by atoms with Crippen LogP contribution in [0.4, 0.5) is 11.9 Å². The highest BCUT2D eigenvalue weighted by Crippen LogP contribution is 2.11. The molecule has 2 heterocycles. The monoisotopic (exact) mass is 276 g/mol. The summed E-state index contributed by atoms with van der Waals surface area (Å²) >= 11 is 0. The van der Waals surface area contributed by atoms with Crippen molar-refractivity contribution in [1.82, 2.24) is 29.6 Å². The van der Waals surface area contributed by atoms with Gasteiger partial charge in [-0.1, -0.05) is 0 Å². The summed E-state index contributed by atoms with van der Waals surface area (Å²) in [6.07, 6.45) is 3.50. The van der Waals surface area contributed by atoms with Crippen LogP contribution in [0.3, 0.4) is 0 Å². The summed E-state index contributed by atoms with van der Waals surface area (Å²) in [5, 5.41) is 7.09. The summed E-state index contributed by atoms with van der Waals surface area (Å²) < 4.78 is 1.62. The molecule has 0 aliphatic carbocycles. The third kappa shape index (κ3) is 3.41. The lowest BCUT2D eigenvalue weighted by Crippen LogP contribution is -2.30. The topological polar surface area (TPSA) is 75.0 Å². The molecular formula is C12H20N8. The van der Waals surface area contributed by atoms with E-state index in [-0.39, 0.29) is 0 Å². The van der Waals surface area contributed by atoms with Crippen molar-refractivity contribution < 1.29 is 0 Å². The molecule has 20 heavy (non-hydrogen) atoms. The summed E-state index contributed by atoms with van der Waals surface area (Å²) in [5.41, 5.74) is 0. The first-order valence-electron chi connectivity index (χ1n) is 6.40. The Kier molecular flexibility index (Phi) is 4.46. The first-order valence-corrected chi connectivity index (χ1v) is 6.40. The molecule has 0 aliphatic heterocycles. The molecule has 0 unspecified atom stereocenters. The highest BCUT2D eigenvalue weighted by atomic mass is 15.4. The highest BCUT2D eigenvalue weighted by molar-refractivity contribution is 5.39. The number of hydrogen-bond donors (Lipinski definition) is 1. The van der Waals surface area contributed by atoms with E-state index in [1.54, 1.807) is 24.1 Å². The van der Waals surface area contributed by atoms with Crippen molar-refractivity contribution in [3.05, 3.63) is 18.5 Å². The third-order valence-corrected chi connectivity index (χ3v) is 2.77. The van der Waals surface area contributed by atoms with Gasteiger partial charge in [0.1, 0.15) is 0 Å². The molecule has 0 amide bonds. The molecule has 2 aromatic rings. The normalized spacial score (nSPS) is 10.8. The van der Waals surface area contributed by atoms with Crippen LogP contribution in [0.5, 0.6) is 0 Å². The summed E-state index contributed by atoms with van der Waals surface area (Å²) in [7, 11) is 7.82. The highest BCUT2D eigenvalue weighted by Gasteiger charge is 2.11. The minimum Gasteiger partial charge on any atom is -0.357 e. The number of nitrogens with one attached hydrogen (secondary N) is 1. The van der Waals surface area contributed by atoms with Gasteiger partial charge in [0.25, 0.3) is 5.95 Å². The Bertz CT molecular complexity index is 536. The maximum absolute atomic E-state index is 4.45. The molecule has 0 aromatic carbocycles. The van der Waals surface area contributed by atoms with Gasteiger partial charge in [-0.3, -0.25) is 0 Å². The number of anilines is 2. The molecule has 2 rings (SSSR count). The van der Waals surface area contributed by atoms with Gasteiger partial charge in [0.2, 0.25) is 11.9 Å². The first kappa shape index (κ1) is 14.2. The third-order valence-electron chi connectivity index (χ3n) is 2.77. The van der Waals surface area contributed by atoms with Crippen molar-refractivity contribution in [2.75, 3.05) is 51.5 Å². The van der Waals surface area contributed by atoms with Gasteiger partial charge in [0, 0.05) is 39.6 Å². The van der Waals surface area contributed by atoms with Gasteiger partial charge in [-0.25, -0.2) is 4.68 Å². The van der Waals surface area contributed by atoms with E-state index in [0.29, 0.717) is 17.8 Å². The molecule has 0 atom stereocenters. The zero-order valence-electron chi connectivity index (χ0n) is 12.3. The lowest BCUT2D eigenvalue weighted by molar-refractivity contribution is 0.415. The van der Waals surface area contributed by atoms with E-state index in [1.807, 2.05) is 32.1 Å². The molecule has 0 spiro atoms. The largest absolute Gasteiger partial charge is 0.357 e. The van der Waals surface area contributed by atoms with Gasteiger partial charge in [-0.15, -0.1) is 0 Å². The smallest absolute Gasteiger partial charge is 0.257 e. The van der Waals surface area contributed by atoms with E-state index < -0.39 is 0 Å². The summed E-state index contributed by atoms with van der Waals surface area (Å²) in [6.45, 7) is 1.76. The SMILES string of the molecule is CNc1nc(N(C)CCN(C)C)nc(-n2cccn2)n1. The molecular weight excluding hydrogens is 256 g/mol. The quantitative estimate of drug-likeness (QED) is 0.801.